The summed E-state index contributed by atoms with van der Waals surface area (Å²) in [5.74, 6) is 0.756. The van der Waals surface area contributed by atoms with Gasteiger partial charge in [0.2, 0.25) is 5.69 Å². The van der Waals surface area contributed by atoms with E-state index in [9.17, 15) is 0 Å². The van der Waals surface area contributed by atoms with Crippen molar-refractivity contribution in [3.8, 4) is 11.3 Å². The Labute approximate surface area is 147 Å². The molecule has 1 nitrogen and oxygen atoms in total. The van der Waals surface area contributed by atoms with Crippen LogP contribution in [0, 0.1) is 12.3 Å². The monoisotopic (exact) mass is 322 g/mol. The quantitative estimate of drug-likeness (QED) is 0.635. The molecule has 0 N–H and O–H groups in total. The average molecular weight is 323 g/mol. The van der Waals surface area contributed by atoms with Crippen LogP contribution in [-0.2, 0) is 13.5 Å². The van der Waals surface area contributed by atoms with Gasteiger partial charge in [-0.2, -0.15) is 0 Å². The first-order chi connectivity index (χ1) is 11.3. The SMILES string of the molecule is Cc1ccccc1-c1cc(C2CCCC2)c(CC(C)(C)C)c[n+]1C. The van der Waals surface area contributed by atoms with Crippen molar-refractivity contribution < 1.29 is 4.57 Å². The van der Waals surface area contributed by atoms with Crippen molar-refractivity contribution in [2.45, 2.75) is 65.7 Å². The van der Waals surface area contributed by atoms with Crippen LogP contribution in [0.5, 0.6) is 0 Å². The molecule has 0 aliphatic heterocycles. The Bertz CT molecular complexity index is 715. The highest BCUT2D eigenvalue weighted by Gasteiger charge is 2.26. The Balaban J connectivity index is 2.12. The van der Waals surface area contributed by atoms with Gasteiger partial charge in [-0.3, -0.25) is 0 Å². The lowest BCUT2D eigenvalue weighted by molar-refractivity contribution is -0.661. The molecule has 1 aliphatic rings. The van der Waals surface area contributed by atoms with Crippen molar-refractivity contribution >= 4 is 0 Å². The van der Waals surface area contributed by atoms with E-state index in [0.717, 1.165) is 12.3 Å². The molecule has 0 unspecified atom stereocenters. The van der Waals surface area contributed by atoms with E-state index >= 15 is 0 Å². The van der Waals surface area contributed by atoms with Gasteiger partial charge >= 0.3 is 0 Å². The predicted molar refractivity (Wildman–Crippen MR) is 102 cm³/mol. The van der Waals surface area contributed by atoms with Gasteiger partial charge in [-0.05, 0) is 54.7 Å². The van der Waals surface area contributed by atoms with Crippen molar-refractivity contribution in [2.24, 2.45) is 12.5 Å². The van der Waals surface area contributed by atoms with Crippen molar-refractivity contribution in [3.05, 3.63) is 53.2 Å². The van der Waals surface area contributed by atoms with Gasteiger partial charge in [-0.1, -0.05) is 51.8 Å². The summed E-state index contributed by atoms with van der Waals surface area (Å²) in [5.41, 5.74) is 7.56. The first-order valence-corrected chi connectivity index (χ1v) is 9.43. The van der Waals surface area contributed by atoms with Gasteiger partial charge in [0.15, 0.2) is 6.20 Å². The first-order valence-electron chi connectivity index (χ1n) is 9.43. The third-order valence-electron chi connectivity index (χ3n) is 5.33. The third kappa shape index (κ3) is 3.71. The number of hydrogen-bond acceptors (Lipinski definition) is 0. The van der Waals surface area contributed by atoms with E-state index in [-0.39, 0.29) is 0 Å². The van der Waals surface area contributed by atoms with Gasteiger partial charge < -0.3 is 0 Å². The normalized spacial score (nSPS) is 15.9. The molecule has 0 bridgehead atoms. The summed E-state index contributed by atoms with van der Waals surface area (Å²) in [4.78, 5) is 0. The lowest BCUT2D eigenvalue weighted by Crippen LogP contribution is -2.33. The summed E-state index contributed by atoms with van der Waals surface area (Å²) in [6.07, 6.45) is 9.05. The Morgan fingerprint density at radius 3 is 2.38 bits per heavy atom. The molecule has 0 saturated heterocycles. The molecule has 128 valence electrons. The van der Waals surface area contributed by atoms with E-state index in [4.69, 9.17) is 0 Å². The first kappa shape index (κ1) is 17.2. The lowest BCUT2D eigenvalue weighted by atomic mass is 9.83. The average Bonchev–Trinajstić information content (AvgIpc) is 3.01. The minimum Gasteiger partial charge on any atom is -0.201 e. The molecule has 1 fully saturated rings. The maximum atomic E-state index is 2.50. The van der Waals surface area contributed by atoms with Crippen LogP contribution in [0.15, 0.2) is 36.5 Å². The molecule has 0 amide bonds. The van der Waals surface area contributed by atoms with Gasteiger partial charge in [-0.15, -0.1) is 0 Å². The fraction of sp³-hybridized carbons (Fsp3) is 0.522. The van der Waals surface area contributed by atoms with Crippen molar-refractivity contribution in [1.29, 1.82) is 0 Å². The molecule has 3 rings (SSSR count). The molecular weight excluding hydrogens is 290 g/mol. The molecule has 0 atom stereocenters. The highest BCUT2D eigenvalue weighted by molar-refractivity contribution is 5.62. The van der Waals surface area contributed by atoms with Crippen LogP contribution < -0.4 is 4.57 Å². The highest BCUT2D eigenvalue weighted by atomic mass is 14.9. The maximum absolute atomic E-state index is 2.50. The largest absolute Gasteiger partial charge is 0.212 e. The molecule has 1 heterocycles. The smallest absolute Gasteiger partial charge is 0.201 e. The number of nitrogens with zero attached hydrogens (tertiary/aromatic N) is 1. The fourth-order valence-electron chi connectivity index (χ4n) is 4.18. The van der Waals surface area contributed by atoms with E-state index in [1.165, 1.54) is 42.5 Å². The number of aryl methyl sites for hydroxylation is 2. The zero-order valence-corrected chi connectivity index (χ0v) is 16.0. The summed E-state index contributed by atoms with van der Waals surface area (Å²) >= 11 is 0. The van der Waals surface area contributed by atoms with E-state index < -0.39 is 0 Å². The lowest BCUT2D eigenvalue weighted by Gasteiger charge is -2.22. The van der Waals surface area contributed by atoms with E-state index in [0.29, 0.717) is 5.41 Å². The van der Waals surface area contributed by atoms with Crippen LogP contribution in [0.2, 0.25) is 0 Å². The van der Waals surface area contributed by atoms with Crippen LogP contribution in [0.25, 0.3) is 11.3 Å². The molecule has 1 aliphatic carbocycles. The Hall–Kier alpha value is -1.63. The molecule has 0 radical (unpaired) electrons. The second kappa shape index (κ2) is 6.70. The van der Waals surface area contributed by atoms with Gasteiger partial charge in [0, 0.05) is 17.2 Å². The molecule has 1 heteroatoms. The fourth-order valence-corrected chi connectivity index (χ4v) is 4.18. The van der Waals surface area contributed by atoms with Crippen LogP contribution in [0.1, 0.15) is 69.1 Å². The van der Waals surface area contributed by atoms with Gasteiger partial charge in [0.05, 0.1) is 0 Å². The number of hydrogen-bond donors (Lipinski definition) is 0. The minimum absolute atomic E-state index is 0.324. The van der Waals surface area contributed by atoms with Crippen LogP contribution in [0.4, 0.5) is 0 Å². The summed E-state index contributed by atoms with van der Waals surface area (Å²) < 4.78 is 2.34. The summed E-state index contributed by atoms with van der Waals surface area (Å²) in [6.45, 7) is 9.26. The molecule has 1 aromatic carbocycles. The van der Waals surface area contributed by atoms with Crippen LogP contribution >= 0.6 is 0 Å². The number of aromatic nitrogens is 1. The Morgan fingerprint density at radius 2 is 1.75 bits per heavy atom. The summed E-state index contributed by atoms with van der Waals surface area (Å²) in [5, 5.41) is 0. The summed E-state index contributed by atoms with van der Waals surface area (Å²) in [7, 11) is 2.20. The molecule has 1 aromatic heterocycles. The zero-order chi connectivity index (χ0) is 17.3. The number of rotatable bonds is 3. The topological polar surface area (TPSA) is 3.88 Å². The van der Waals surface area contributed by atoms with Crippen molar-refractivity contribution in [3.63, 3.8) is 0 Å². The van der Waals surface area contributed by atoms with Crippen LogP contribution in [0.3, 0.4) is 0 Å². The van der Waals surface area contributed by atoms with Crippen molar-refractivity contribution in [2.75, 3.05) is 0 Å². The molecule has 24 heavy (non-hydrogen) atoms. The standard InChI is InChI=1S/C23H32N/c1-17-10-6-9-13-20(17)22-14-21(18-11-7-8-12-18)19(16-24(22)5)15-23(2,3)4/h6,9-10,13-14,16,18H,7-8,11-12,15H2,1-5H3/q+1. The van der Waals surface area contributed by atoms with Gasteiger partial charge in [-0.25, -0.2) is 4.57 Å². The van der Waals surface area contributed by atoms with Crippen LogP contribution in [-0.4, -0.2) is 0 Å². The van der Waals surface area contributed by atoms with E-state index in [1.807, 2.05) is 0 Å². The predicted octanol–water partition coefficient (Wildman–Crippen LogP) is 5.73. The maximum Gasteiger partial charge on any atom is 0.212 e. The Kier molecular flexibility index (Phi) is 4.80. The van der Waals surface area contributed by atoms with E-state index in [1.54, 1.807) is 11.1 Å². The molecular formula is C23H32N+. The summed E-state index contributed by atoms with van der Waals surface area (Å²) in [6, 6.07) is 11.3. The van der Waals surface area contributed by atoms with E-state index in [2.05, 4.69) is 75.8 Å². The molecule has 0 spiro atoms. The second-order valence-corrected chi connectivity index (χ2v) is 8.78. The minimum atomic E-state index is 0.324. The molecule has 2 aromatic rings. The third-order valence-corrected chi connectivity index (χ3v) is 5.33. The molecule has 1 saturated carbocycles. The van der Waals surface area contributed by atoms with Gasteiger partial charge in [0.25, 0.3) is 0 Å². The van der Waals surface area contributed by atoms with Crippen molar-refractivity contribution in [1.82, 2.24) is 0 Å². The zero-order valence-electron chi connectivity index (χ0n) is 16.0. The number of benzene rings is 1. The van der Waals surface area contributed by atoms with Gasteiger partial charge in [0.1, 0.15) is 7.05 Å². The highest BCUT2D eigenvalue weighted by Crippen LogP contribution is 2.38. The number of pyridine rings is 1. The Morgan fingerprint density at radius 1 is 1.08 bits per heavy atom. The second-order valence-electron chi connectivity index (χ2n) is 8.78.